The molecule has 0 unspecified atom stereocenters. The smallest absolute Gasteiger partial charge is 0.269 e. The van der Waals surface area contributed by atoms with Gasteiger partial charge in [0.25, 0.3) is 5.91 Å². The summed E-state index contributed by atoms with van der Waals surface area (Å²) in [6.07, 6.45) is 0.995. The van der Waals surface area contributed by atoms with E-state index in [4.69, 9.17) is 27.9 Å². The summed E-state index contributed by atoms with van der Waals surface area (Å²) >= 11 is 13.1. The number of benzene rings is 1. The average Bonchev–Trinajstić information content (AvgIpc) is 2.95. The highest BCUT2D eigenvalue weighted by molar-refractivity contribution is 7.13. The number of aromatic nitrogens is 1. The van der Waals surface area contributed by atoms with E-state index in [0.29, 0.717) is 20.9 Å². The van der Waals surface area contributed by atoms with Crippen LogP contribution >= 0.6 is 34.5 Å². The van der Waals surface area contributed by atoms with Crippen LogP contribution < -0.4 is 9.64 Å². The number of ether oxygens (including phenoxy) is 1. The first kappa shape index (κ1) is 15.1. The fourth-order valence-corrected chi connectivity index (χ4v) is 2.45. The van der Waals surface area contributed by atoms with Gasteiger partial charge in [0.2, 0.25) is 0 Å². The number of carbonyl (C=O) groups excluding carboxylic acids is 1. The Morgan fingerprint density at radius 3 is 2.75 bits per heavy atom. The zero-order valence-electron chi connectivity index (χ0n) is 10.8. The summed E-state index contributed by atoms with van der Waals surface area (Å²) in [5, 5.41) is 3.26. The lowest BCUT2D eigenvalue weighted by Gasteiger charge is -2.20. The molecule has 0 N–H and O–H groups in total. The standard InChI is InChI=1S/C13H12Cl2N2O2S/c1-8(12(18)17(2)13-16-5-6-20-13)19-9-3-4-10(14)11(15)7-9/h3-8H,1-2H3/t8-/m1/s1. The van der Waals surface area contributed by atoms with Gasteiger partial charge < -0.3 is 4.74 Å². The molecule has 106 valence electrons. The number of thiazole rings is 1. The van der Waals surface area contributed by atoms with Gasteiger partial charge in [0.1, 0.15) is 5.75 Å². The quantitative estimate of drug-likeness (QED) is 0.854. The Kier molecular flexibility index (Phi) is 4.86. The predicted molar refractivity (Wildman–Crippen MR) is 82.1 cm³/mol. The highest BCUT2D eigenvalue weighted by Crippen LogP contribution is 2.27. The van der Waals surface area contributed by atoms with Gasteiger partial charge in [-0.15, -0.1) is 11.3 Å². The molecule has 0 radical (unpaired) electrons. The molecular weight excluding hydrogens is 319 g/mol. The lowest BCUT2D eigenvalue weighted by Crippen LogP contribution is -2.37. The van der Waals surface area contributed by atoms with E-state index in [-0.39, 0.29) is 5.91 Å². The third-order valence-electron chi connectivity index (χ3n) is 2.59. The molecule has 0 aliphatic heterocycles. The van der Waals surface area contributed by atoms with Crippen LogP contribution in [0.15, 0.2) is 29.8 Å². The van der Waals surface area contributed by atoms with Gasteiger partial charge in [-0.2, -0.15) is 0 Å². The monoisotopic (exact) mass is 330 g/mol. The van der Waals surface area contributed by atoms with E-state index in [9.17, 15) is 4.79 Å². The Balaban J connectivity index is 2.05. The fraction of sp³-hybridized carbons (Fsp3) is 0.231. The van der Waals surface area contributed by atoms with Crippen molar-refractivity contribution in [2.75, 3.05) is 11.9 Å². The number of hydrogen-bond donors (Lipinski definition) is 0. The second-order valence-electron chi connectivity index (χ2n) is 4.05. The second-order valence-corrected chi connectivity index (χ2v) is 5.74. The minimum Gasteiger partial charge on any atom is -0.481 e. The fourth-order valence-electron chi connectivity index (χ4n) is 1.55. The molecule has 0 aliphatic rings. The molecule has 0 bridgehead atoms. The normalized spacial score (nSPS) is 12.0. The molecule has 0 fully saturated rings. The minimum absolute atomic E-state index is 0.189. The Morgan fingerprint density at radius 1 is 1.40 bits per heavy atom. The molecule has 1 amide bonds. The Bertz CT molecular complexity index is 604. The van der Waals surface area contributed by atoms with Crippen LogP contribution in [0.1, 0.15) is 6.92 Å². The van der Waals surface area contributed by atoms with Gasteiger partial charge in [-0.3, -0.25) is 9.69 Å². The minimum atomic E-state index is -0.652. The van der Waals surface area contributed by atoms with Gasteiger partial charge >= 0.3 is 0 Å². The molecule has 1 heterocycles. The molecule has 1 aromatic heterocycles. The molecule has 4 nitrogen and oxygen atoms in total. The van der Waals surface area contributed by atoms with E-state index >= 15 is 0 Å². The van der Waals surface area contributed by atoms with Crippen LogP contribution in [-0.4, -0.2) is 24.0 Å². The summed E-state index contributed by atoms with van der Waals surface area (Å²) in [6.45, 7) is 1.68. The van der Waals surface area contributed by atoms with Crippen LogP contribution in [0.25, 0.3) is 0 Å². The first-order valence-electron chi connectivity index (χ1n) is 5.78. The van der Waals surface area contributed by atoms with Crippen LogP contribution in [0.3, 0.4) is 0 Å². The van der Waals surface area contributed by atoms with Gasteiger partial charge in [-0.1, -0.05) is 23.2 Å². The highest BCUT2D eigenvalue weighted by atomic mass is 35.5. The molecule has 1 atom stereocenters. The second kappa shape index (κ2) is 6.43. The van der Waals surface area contributed by atoms with Gasteiger partial charge in [-0.05, 0) is 19.1 Å². The van der Waals surface area contributed by atoms with Crippen molar-refractivity contribution < 1.29 is 9.53 Å². The average molecular weight is 331 g/mol. The highest BCUT2D eigenvalue weighted by Gasteiger charge is 2.22. The van der Waals surface area contributed by atoms with Crippen LogP contribution in [0, 0.1) is 0 Å². The number of anilines is 1. The Hall–Kier alpha value is -1.30. The van der Waals surface area contributed by atoms with Crippen molar-refractivity contribution in [3.05, 3.63) is 39.8 Å². The molecule has 2 rings (SSSR count). The third kappa shape index (κ3) is 3.42. The van der Waals surface area contributed by atoms with Gasteiger partial charge in [0, 0.05) is 24.7 Å². The first-order valence-corrected chi connectivity index (χ1v) is 7.41. The summed E-state index contributed by atoms with van der Waals surface area (Å²) in [4.78, 5) is 17.8. The molecule has 20 heavy (non-hydrogen) atoms. The van der Waals surface area contributed by atoms with E-state index in [1.54, 1.807) is 38.4 Å². The van der Waals surface area contributed by atoms with Crippen LogP contribution in [0.5, 0.6) is 5.75 Å². The maximum atomic E-state index is 12.2. The van der Waals surface area contributed by atoms with Crippen LogP contribution in [0.4, 0.5) is 5.13 Å². The maximum Gasteiger partial charge on any atom is 0.269 e. The van der Waals surface area contributed by atoms with E-state index in [1.165, 1.54) is 16.2 Å². The van der Waals surface area contributed by atoms with E-state index in [1.807, 2.05) is 5.38 Å². The summed E-state index contributed by atoms with van der Waals surface area (Å²) in [7, 11) is 1.66. The summed E-state index contributed by atoms with van der Waals surface area (Å²) in [5.74, 6) is 0.304. The third-order valence-corrected chi connectivity index (χ3v) is 4.18. The topological polar surface area (TPSA) is 42.4 Å². The zero-order valence-corrected chi connectivity index (χ0v) is 13.2. The van der Waals surface area contributed by atoms with Crippen molar-refractivity contribution in [1.82, 2.24) is 4.98 Å². The van der Waals surface area contributed by atoms with Gasteiger partial charge in [0.05, 0.1) is 10.0 Å². The molecule has 1 aromatic carbocycles. The molecule has 0 saturated carbocycles. The largest absolute Gasteiger partial charge is 0.481 e. The Labute approximate surface area is 130 Å². The van der Waals surface area contributed by atoms with Crippen molar-refractivity contribution in [2.45, 2.75) is 13.0 Å². The molecule has 2 aromatic rings. The number of carbonyl (C=O) groups is 1. The van der Waals surface area contributed by atoms with Gasteiger partial charge in [-0.25, -0.2) is 4.98 Å². The Morgan fingerprint density at radius 2 is 2.15 bits per heavy atom. The van der Waals surface area contributed by atoms with Crippen molar-refractivity contribution in [2.24, 2.45) is 0 Å². The molecule has 0 spiro atoms. The van der Waals surface area contributed by atoms with E-state index < -0.39 is 6.10 Å². The molecule has 0 saturated heterocycles. The van der Waals surface area contributed by atoms with Crippen molar-refractivity contribution in [1.29, 1.82) is 0 Å². The number of rotatable bonds is 4. The lowest BCUT2D eigenvalue weighted by atomic mass is 10.3. The molecule has 7 heteroatoms. The zero-order chi connectivity index (χ0) is 14.7. The molecule has 0 aliphatic carbocycles. The number of amides is 1. The maximum absolute atomic E-state index is 12.2. The summed E-state index contributed by atoms with van der Waals surface area (Å²) in [5.41, 5.74) is 0. The predicted octanol–water partition coefficient (Wildman–Crippen LogP) is 3.88. The number of likely N-dealkylation sites (N-methyl/N-ethyl adjacent to an activating group) is 1. The summed E-state index contributed by atoms with van der Waals surface area (Å²) in [6, 6.07) is 4.87. The first-order chi connectivity index (χ1) is 9.49. The number of nitrogens with zero attached hydrogens (tertiary/aromatic N) is 2. The van der Waals surface area contributed by atoms with Crippen LogP contribution in [-0.2, 0) is 4.79 Å². The van der Waals surface area contributed by atoms with Crippen molar-refractivity contribution >= 4 is 45.6 Å². The van der Waals surface area contributed by atoms with E-state index in [0.717, 1.165) is 0 Å². The number of halogens is 2. The SMILES string of the molecule is C[C@@H](Oc1ccc(Cl)c(Cl)c1)C(=O)N(C)c1nccs1. The summed E-state index contributed by atoms with van der Waals surface area (Å²) < 4.78 is 5.57. The molecular formula is C13H12Cl2N2O2S. The van der Waals surface area contributed by atoms with Crippen molar-refractivity contribution in [3.63, 3.8) is 0 Å². The number of hydrogen-bond acceptors (Lipinski definition) is 4. The van der Waals surface area contributed by atoms with Gasteiger partial charge in [0.15, 0.2) is 11.2 Å². The van der Waals surface area contributed by atoms with E-state index in [2.05, 4.69) is 4.98 Å². The lowest BCUT2D eigenvalue weighted by molar-refractivity contribution is -0.124. The van der Waals surface area contributed by atoms with Crippen molar-refractivity contribution in [3.8, 4) is 5.75 Å². The van der Waals surface area contributed by atoms with Crippen LogP contribution in [0.2, 0.25) is 10.0 Å².